The van der Waals surface area contributed by atoms with E-state index in [2.05, 4.69) is 15.4 Å². The molecule has 0 fully saturated rings. The van der Waals surface area contributed by atoms with Crippen molar-refractivity contribution < 1.29 is 18.1 Å². The van der Waals surface area contributed by atoms with Crippen LogP contribution in [0.2, 0.25) is 0 Å². The number of rotatable bonds is 7. The van der Waals surface area contributed by atoms with E-state index in [-0.39, 0.29) is 23.2 Å². The fourth-order valence-electron chi connectivity index (χ4n) is 1.75. The van der Waals surface area contributed by atoms with Gasteiger partial charge in [-0.1, -0.05) is 17.7 Å². The van der Waals surface area contributed by atoms with Crippen molar-refractivity contribution in [2.45, 2.75) is 18.7 Å². The molecule has 0 atom stereocenters. The van der Waals surface area contributed by atoms with Crippen LogP contribution in [0.4, 0.5) is 11.5 Å². The van der Waals surface area contributed by atoms with E-state index in [0.717, 1.165) is 11.9 Å². The van der Waals surface area contributed by atoms with Gasteiger partial charge in [-0.25, -0.2) is 13.4 Å². The third-order valence-electron chi connectivity index (χ3n) is 2.89. The average molecular weight is 353 g/mol. The quantitative estimate of drug-likeness (QED) is 0.563. The smallest absolute Gasteiger partial charge is 0.374 e. The highest BCUT2D eigenvalue weighted by molar-refractivity contribution is 7.89. The van der Waals surface area contributed by atoms with Crippen molar-refractivity contribution >= 4 is 21.5 Å². The van der Waals surface area contributed by atoms with Crippen LogP contribution in [0.15, 0.2) is 35.5 Å². The molecule has 0 spiro atoms. The predicted octanol–water partition coefficient (Wildman–Crippen LogP) is 1.40. The lowest BCUT2D eigenvalue weighted by atomic mass is 10.2. The number of sulfonamides is 1. The molecule has 0 radical (unpaired) electrons. The van der Waals surface area contributed by atoms with Crippen LogP contribution in [-0.2, 0) is 10.0 Å². The first-order valence-electron chi connectivity index (χ1n) is 6.82. The van der Waals surface area contributed by atoms with E-state index in [4.69, 9.17) is 4.74 Å². The first-order valence-corrected chi connectivity index (χ1v) is 8.30. The maximum Gasteiger partial charge on any atom is 0.374 e. The summed E-state index contributed by atoms with van der Waals surface area (Å²) in [5, 5.41) is 11.2. The number of aryl methyl sites for hydroxylation is 1. The van der Waals surface area contributed by atoms with E-state index >= 15 is 0 Å². The van der Waals surface area contributed by atoms with Crippen LogP contribution in [0, 0.1) is 17.0 Å². The molecule has 2 rings (SSSR count). The van der Waals surface area contributed by atoms with Crippen molar-refractivity contribution in [3.8, 4) is 5.88 Å². The van der Waals surface area contributed by atoms with Crippen molar-refractivity contribution in [1.29, 1.82) is 0 Å². The Morgan fingerprint density at radius 1 is 1.25 bits per heavy atom. The van der Waals surface area contributed by atoms with Crippen LogP contribution < -0.4 is 15.0 Å². The fourth-order valence-corrected chi connectivity index (χ4v) is 2.60. The molecule has 10 nitrogen and oxygen atoms in total. The number of nitrogens with zero attached hydrogens (tertiary/aromatic N) is 3. The number of nitro groups is 1. The van der Waals surface area contributed by atoms with Crippen LogP contribution in [-0.4, -0.2) is 29.9 Å². The number of hydrogen-bond donors (Lipinski definition) is 2. The van der Waals surface area contributed by atoms with Gasteiger partial charge in [-0.2, -0.15) is 4.98 Å². The van der Waals surface area contributed by atoms with Gasteiger partial charge in [-0.15, -0.1) is 4.83 Å². The topological polar surface area (TPSA) is 136 Å². The van der Waals surface area contributed by atoms with Crippen LogP contribution in [0.1, 0.15) is 12.5 Å². The third kappa shape index (κ3) is 3.94. The number of hydrogen-bond acceptors (Lipinski definition) is 8. The molecule has 2 N–H and O–H groups in total. The van der Waals surface area contributed by atoms with Crippen molar-refractivity contribution in [1.82, 2.24) is 14.8 Å². The van der Waals surface area contributed by atoms with Crippen molar-refractivity contribution in [2.75, 3.05) is 12.0 Å². The first-order chi connectivity index (χ1) is 11.3. The van der Waals surface area contributed by atoms with Gasteiger partial charge in [0, 0.05) is 0 Å². The van der Waals surface area contributed by atoms with Gasteiger partial charge in [0.2, 0.25) is 5.82 Å². The summed E-state index contributed by atoms with van der Waals surface area (Å²) >= 11 is 0. The van der Waals surface area contributed by atoms with Gasteiger partial charge in [0.05, 0.1) is 16.4 Å². The molecule has 128 valence electrons. The molecule has 1 aromatic carbocycles. The summed E-state index contributed by atoms with van der Waals surface area (Å²) in [6.07, 6.45) is 1.03. The summed E-state index contributed by atoms with van der Waals surface area (Å²) in [5.41, 5.74) is 2.57. The molecule has 1 aromatic heterocycles. The van der Waals surface area contributed by atoms with Gasteiger partial charge < -0.3 is 4.74 Å². The van der Waals surface area contributed by atoms with Gasteiger partial charge in [0.25, 0.3) is 15.9 Å². The summed E-state index contributed by atoms with van der Waals surface area (Å²) in [6, 6.07) is 6.10. The Kier molecular flexibility index (Phi) is 5.26. The van der Waals surface area contributed by atoms with Crippen LogP contribution in [0.25, 0.3) is 0 Å². The molecule has 0 saturated carbocycles. The number of anilines is 1. The predicted molar refractivity (Wildman–Crippen MR) is 85.0 cm³/mol. The maximum atomic E-state index is 12.2. The Morgan fingerprint density at radius 2 is 1.92 bits per heavy atom. The molecule has 0 aliphatic carbocycles. The number of hydrazine groups is 1. The second-order valence-electron chi connectivity index (χ2n) is 4.61. The van der Waals surface area contributed by atoms with E-state index in [1.54, 1.807) is 19.1 Å². The van der Waals surface area contributed by atoms with Crippen molar-refractivity contribution in [2.24, 2.45) is 0 Å². The molecule has 0 amide bonds. The standard InChI is InChI=1S/C13H15N5O5S/c1-3-23-13-11(18(19)20)12(14-8-15-13)16-17-24(21,22)10-6-4-9(2)5-7-10/h4-8,17H,3H2,1-2H3,(H,14,15,16). The highest BCUT2D eigenvalue weighted by atomic mass is 32.2. The molecule has 0 bridgehead atoms. The zero-order chi connectivity index (χ0) is 17.7. The van der Waals surface area contributed by atoms with Crippen molar-refractivity contribution in [3.05, 3.63) is 46.3 Å². The fraction of sp³-hybridized carbons (Fsp3) is 0.231. The minimum absolute atomic E-state index is 0.00217. The van der Waals surface area contributed by atoms with Gasteiger partial charge in [0.1, 0.15) is 6.33 Å². The zero-order valence-electron chi connectivity index (χ0n) is 12.9. The normalized spacial score (nSPS) is 11.1. The summed E-state index contributed by atoms with van der Waals surface area (Å²) in [5.74, 6) is -0.580. The van der Waals surface area contributed by atoms with Crippen LogP contribution >= 0.6 is 0 Å². The second kappa shape index (κ2) is 7.19. The molecular formula is C13H15N5O5S. The van der Waals surface area contributed by atoms with E-state index in [0.29, 0.717) is 0 Å². The minimum Gasteiger partial charge on any atom is -0.473 e. The summed E-state index contributed by atoms with van der Waals surface area (Å²) in [4.78, 5) is 19.8. The number of benzene rings is 1. The molecule has 0 aliphatic rings. The monoisotopic (exact) mass is 353 g/mol. The largest absolute Gasteiger partial charge is 0.473 e. The number of ether oxygens (including phenoxy) is 1. The summed E-state index contributed by atoms with van der Waals surface area (Å²) in [7, 11) is -3.93. The number of nitrogens with one attached hydrogen (secondary N) is 2. The molecule has 0 saturated heterocycles. The Hall–Kier alpha value is -2.79. The zero-order valence-corrected chi connectivity index (χ0v) is 13.7. The van der Waals surface area contributed by atoms with E-state index in [1.807, 2.05) is 11.8 Å². The lowest BCUT2D eigenvalue weighted by Crippen LogP contribution is -2.30. The highest BCUT2D eigenvalue weighted by Crippen LogP contribution is 2.30. The summed E-state index contributed by atoms with van der Waals surface area (Å²) < 4.78 is 29.4. The lowest BCUT2D eigenvalue weighted by Gasteiger charge is -2.10. The molecule has 11 heteroatoms. The molecule has 0 unspecified atom stereocenters. The van der Waals surface area contributed by atoms with Crippen LogP contribution in [0.3, 0.4) is 0 Å². The molecule has 24 heavy (non-hydrogen) atoms. The van der Waals surface area contributed by atoms with E-state index in [1.165, 1.54) is 12.1 Å². The lowest BCUT2D eigenvalue weighted by molar-refractivity contribution is -0.385. The Bertz CT molecular complexity index is 838. The van der Waals surface area contributed by atoms with Gasteiger partial charge in [-0.05, 0) is 26.0 Å². The van der Waals surface area contributed by atoms with E-state index in [9.17, 15) is 18.5 Å². The average Bonchev–Trinajstić information content (AvgIpc) is 2.53. The van der Waals surface area contributed by atoms with E-state index < -0.39 is 20.6 Å². The Labute approximate surface area is 138 Å². The third-order valence-corrected chi connectivity index (χ3v) is 4.15. The highest BCUT2D eigenvalue weighted by Gasteiger charge is 2.25. The Morgan fingerprint density at radius 3 is 2.50 bits per heavy atom. The molecule has 2 aromatic rings. The molecule has 0 aliphatic heterocycles. The second-order valence-corrected chi connectivity index (χ2v) is 6.29. The van der Waals surface area contributed by atoms with Crippen LogP contribution in [0.5, 0.6) is 5.88 Å². The Balaban J connectivity index is 2.27. The molecule has 1 heterocycles. The summed E-state index contributed by atoms with van der Waals surface area (Å²) in [6.45, 7) is 3.62. The maximum absolute atomic E-state index is 12.2. The minimum atomic E-state index is -3.93. The van der Waals surface area contributed by atoms with Gasteiger partial charge >= 0.3 is 5.69 Å². The van der Waals surface area contributed by atoms with Crippen molar-refractivity contribution in [3.63, 3.8) is 0 Å². The van der Waals surface area contributed by atoms with Gasteiger partial charge in [-0.3, -0.25) is 15.5 Å². The molecular weight excluding hydrogens is 338 g/mol. The first kappa shape index (κ1) is 17.6. The number of aromatic nitrogens is 2. The SMILES string of the molecule is CCOc1ncnc(NNS(=O)(=O)c2ccc(C)cc2)c1[N+](=O)[O-]. The van der Waals surface area contributed by atoms with Gasteiger partial charge in [0.15, 0.2) is 0 Å².